The number of hydrogen-bond acceptors (Lipinski definition) is 3. The van der Waals surface area contributed by atoms with Gasteiger partial charge in [0.25, 0.3) is 0 Å². The molecular formula is C11H11FN2O. The molecule has 2 aromatic rings. The summed E-state index contributed by atoms with van der Waals surface area (Å²) in [5, 5.41) is 0. The van der Waals surface area contributed by atoms with Gasteiger partial charge < -0.3 is 4.74 Å². The zero-order valence-electron chi connectivity index (χ0n) is 8.62. The number of benzene rings is 1. The van der Waals surface area contributed by atoms with E-state index in [4.69, 9.17) is 4.74 Å². The molecule has 0 fully saturated rings. The van der Waals surface area contributed by atoms with Crippen LogP contribution in [0.4, 0.5) is 4.39 Å². The molecule has 0 aliphatic heterocycles. The number of hydrogen-bond donors (Lipinski definition) is 0. The summed E-state index contributed by atoms with van der Waals surface area (Å²) >= 11 is 0. The van der Waals surface area contributed by atoms with Crippen LogP contribution in [-0.4, -0.2) is 16.6 Å². The van der Waals surface area contributed by atoms with E-state index in [1.807, 2.05) is 13.8 Å². The Kier molecular flexibility index (Phi) is 2.49. The zero-order chi connectivity index (χ0) is 10.8. The van der Waals surface area contributed by atoms with E-state index in [0.717, 1.165) is 5.69 Å². The van der Waals surface area contributed by atoms with E-state index in [-0.39, 0.29) is 5.75 Å². The molecule has 0 amide bonds. The molecule has 0 unspecified atom stereocenters. The van der Waals surface area contributed by atoms with Crippen LogP contribution in [0.15, 0.2) is 18.3 Å². The first-order valence-corrected chi connectivity index (χ1v) is 4.76. The molecule has 1 aromatic heterocycles. The van der Waals surface area contributed by atoms with Gasteiger partial charge in [0.15, 0.2) is 11.6 Å². The summed E-state index contributed by atoms with van der Waals surface area (Å²) in [5.41, 5.74) is 1.97. The summed E-state index contributed by atoms with van der Waals surface area (Å²) < 4.78 is 18.6. The van der Waals surface area contributed by atoms with Crippen LogP contribution in [0.2, 0.25) is 0 Å². The molecule has 0 radical (unpaired) electrons. The molecule has 1 aromatic carbocycles. The zero-order valence-corrected chi connectivity index (χ0v) is 8.62. The highest BCUT2D eigenvalue weighted by Crippen LogP contribution is 2.22. The fraction of sp³-hybridized carbons (Fsp3) is 0.273. The Morgan fingerprint density at radius 2 is 2.13 bits per heavy atom. The van der Waals surface area contributed by atoms with E-state index in [9.17, 15) is 4.39 Å². The highest BCUT2D eigenvalue weighted by atomic mass is 19.1. The monoisotopic (exact) mass is 206 g/mol. The lowest BCUT2D eigenvalue weighted by Crippen LogP contribution is -1.96. The van der Waals surface area contributed by atoms with Gasteiger partial charge in [-0.15, -0.1) is 0 Å². The third kappa shape index (κ3) is 1.88. The van der Waals surface area contributed by atoms with Gasteiger partial charge in [0.1, 0.15) is 0 Å². The van der Waals surface area contributed by atoms with Gasteiger partial charge in [0, 0.05) is 18.3 Å². The van der Waals surface area contributed by atoms with Gasteiger partial charge in [0.05, 0.1) is 23.3 Å². The minimum atomic E-state index is -0.399. The normalized spacial score (nSPS) is 10.6. The second kappa shape index (κ2) is 3.81. The van der Waals surface area contributed by atoms with Crippen LogP contribution in [0.1, 0.15) is 12.6 Å². The second-order valence-corrected chi connectivity index (χ2v) is 3.22. The van der Waals surface area contributed by atoms with Crippen LogP contribution in [0.3, 0.4) is 0 Å². The van der Waals surface area contributed by atoms with E-state index in [1.54, 1.807) is 12.3 Å². The second-order valence-electron chi connectivity index (χ2n) is 3.22. The van der Waals surface area contributed by atoms with Crippen LogP contribution in [0.5, 0.6) is 5.75 Å². The molecule has 0 aliphatic rings. The summed E-state index contributed by atoms with van der Waals surface area (Å²) in [4.78, 5) is 8.34. The average Bonchev–Trinajstić information content (AvgIpc) is 2.20. The van der Waals surface area contributed by atoms with Crippen LogP contribution < -0.4 is 4.74 Å². The predicted octanol–water partition coefficient (Wildman–Crippen LogP) is 2.48. The summed E-state index contributed by atoms with van der Waals surface area (Å²) in [6.07, 6.45) is 1.65. The van der Waals surface area contributed by atoms with Crippen molar-refractivity contribution < 1.29 is 9.13 Å². The fourth-order valence-electron chi connectivity index (χ4n) is 1.37. The molecule has 78 valence electrons. The summed E-state index contributed by atoms with van der Waals surface area (Å²) in [6.45, 7) is 4.06. The number of fused-ring (bicyclic) bond motifs is 1. The highest BCUT2D eigenvalue weighted by molar-refractivity contribution is 5.76. The highest BCUT2D eigenvalue weighted by Gasteiger charge is 2.07. The smallest absolute Gasteiger partial charge is 0.167 e. The first-order chi connectivity index (χ1) is 7.20. The molecule has 4 heteroatoms. The quantitative estimate of drug-likeness (QED) is 0.757. The van der Waals surface area contributed by atoms with E-state index in [2.05, 4.69) is 9.97 Å². The van der Waals surface area contributed by atoms with Crippen LogP contribution in [0.25, 0.3) is 11.0 Å². The molecule has 0 N–H and O–H groups in total. The van der Waals surface area contributed by atoms with Gasteiger partial charge >= 0.3 is 0 Å². The Bertz CT molecular complexity index is 499. The minimum absolute atomic E-state index is 0.225. The van der Waals surface area contributed by atoms with Crippen LogP contribution in [0, 0.1) is 12.7 Å². The number of aromatic nitrogens is 2. The van der Waals surface area contributed by atoms with E-state index in [1.165, 1.54) is 6.07 Å². The third-order valence-electron chi connectivity index (χ3n) is 2.02. The molecule has 0 saturated carbocycles. The molecule has 0 aliphatic carbocycles. The number of nitrogens with zero attached hydrogens (tertiary/aromatic N) is 2. The van der Waals surface area contributed by atoms with Gasteiger partial charge in [-0.05, 0) is 13.8 Å². The van der Waals surface area contributed by atoms with E-state index < -0.39 is 5.82 Å². The maximum Gasteiger partial charge on any atom is 0.167 e. The van der Waals surface area contributed by atoms with Crippen molar-refractivity contribution in [1.29, 1.82) is 0 Å². The van der Waals surface area contributed by atoms with Crippen molar-refractivity contribution in [3.05, 3.63) is 29.8 Å². The van der Waals surface area contributed by atoms with Crippen molar-refractivity contribution in [2.45, 2.75) is 13.8 Å². The number of rotatable bonds is 2. The molecular weight excluding hydrogens is 195 g/mol. The van der Waals surface area contributed by atoms with Crippen molar-refractivity contribution in [2.75, 3.05) is 6.61 Å². The van der Waals surface area contributed by atoms with Gasteiger partial charge in [-0.3, -0.25) is 4.98 Å². The fourth-order valence-corrected chi connectivity index (χ4v) is 1.37. The predicted molar refractivity (Wildman–Crippen MR) is 55.4 cm³/mol. The molecule has 0 saturated heterocycles. The Balaban J connectivity index is 2.60. The average molecular weight is 206 g/mol. The van der Waals surface area contributed by atoms with Gasteiger partial charge in [-0.2, -0.15) is 0 Å². The summed E-state index contributed by atoms with van der Waals surface area (Å²) in [6, 6.07) is 2.92. The van der Waals surface area contributed by atoms with Gasteiger partial charge in [-0.1, -0.05) is 0 Å². The SMILES string of the molecule is CCOc1cc2ncc(C)nc2cc1F. The van der Waals surface area contributed by atoms with Crippen LogP contribution >= 0.6 is 0 Å². The van der Waals surface area contributed by atoms with Crippen molar-refractivity contribution in [3.63, 3.8) is 0 Å². The maximum atomic E-state index is 13.4. The minimum Gasteiger partial charge on any atom is -0.491 e. The Hall–Kier alpha value is -1.71. The van der Waals surface area contributed by atoms with Crippen molar-refractivity contribution >= 4 is 11.0 Å². The van der Waals surface area contributed by atoms with Crippen molar-refractivity contribution in [1.82, 2.24) is 9.97 Å². The molecule has 1 heterocycles. The largest absolute Gasteiger partial charge is 0.491 e. The lowest BCUT2D eigenvalue weighted by atomic mass is 10.2. The van der Waals surface area contributed by atoms with E-state index in [0.29, 0.717) is 17.6 Å². The molecule has 0 atom stereocenters. The number of halogens is 1. The topological polar surface area (TPSA) is 35.0 Å². The first-order valence-electron chi connectivity index (χ1n) is 4.76. The maximum absolute atomic E-state index is 13.4. The number of ether oxygens (including phenoxy) is 1. The molecule has 0 spiro atoms. The van der Waals surface area contributed by atoms with Crippen LogP contribution in [-0.2, 0) is 0 Å². The first kappa shape index (κ1) is 9.83. The summed E-state index contributed by atoms with van der Waals surface area (Å²) in [5.74, 6) is -0.174. The lowest BCUT2D eigenvalue weighted by molar-refractivity contribution is 0.322. The molecule has 0 bridgehead atoms. The third-order valence-corrected chi connectivity index (χ3v) is 2.02. The van der Waals surface area contributed by atoms with E-state index >= 15 is 0 Å². The Morgan fingerprint density at radius 3 is 2.87 bits per heavy atom. The standard InChI is InChI=1S/C11H11FN2O/c1-3-15-11-5-9-10(4-8(11)12)14-7(2)6-13-9/h4-6H,3H2,1-2H3. The Morgan fingerprint density at radius 1 is 1.33 bits per heavy atom. The molecule has 3 nitrogen and oxygen atoms in total. The van der Waals surface area contributed by atoms with Crippen molar-refractivity contribution in [2.24, 2.45) is 0 Å². The summed E-state index contributed by atoms with van der Waals surface area (Å²) in [7, 11) is 0. The number of aryl methyl sites for hydroxylation is 1. The molecule has 15 heavy (non-hydrogen) atoms. The van der Waals surface area contributed by atoms with Crippen molar-refractivity contribution in [3.8, 4) is 5.75 Å². The van der Waals surface area contributed by atoms with Gasteiger partial charge in [-0.25, -0.2) is 9.37 Å². The Labute approximate surface area is 86.9 Å². The van der Waals surface area contributed by atoms with Gasteiger partial charge in [0.2, 0.25) is 0 Å². The molecule has 2 rings (SSSR count). The lowest BCUT2D eigenvalue weighted by Gasteiger charge is -2.05.